The van der Waals surface area contributed by atoms with Crippen LogP contribution < -0.4 is 0 Å². The van der Waals surface area contributed by atoms with Crippen LogP contribution in [0, 0.1) is 6.92 Å². The van der Waals surface area contributed by atoms with Gasteiger partial charge in [-0.25, -0.2) is 15.0 Å². The molecular formula is C15H14N6. The monoisotopic (exact) mass is 278 g/mol. The fourth-order valence-corrected chi connectivity index (χ4v) is 2.64. The first-order chi connectivity index (χ1) is 10.3. The number of nitrogens with zero attached hydrogens (tertiary/aromatic N) is 5. The van der Waals surface area contributed by atoms with Crippen molar-refractivity contribution in [3.8, 4) is 0 Å². The van der Waals surface area contributed by atoms with Crippen molar-refractivity contribution in [2.75, 3.05) is 0 Å². The summed E-state index contributed by atoms with van der Waals surface area (Å²) in [4.78, 5) is 16.0. The molecule has 3 heterocycles. The summed E-state index contributed by atoms with van der Waals surface area (Å²) in [6, 6.07) is 6.25. The van der Waals surface area contributed by atoms with Crippen molar-refractivity contribution in [3.05, 3.63) is 67.0 Å². The van der Waals surface area contributed by atoms with E-state index in [4.69, 9.17) is 0 Å². The van der Waals surface area contributed by atoms with E-state index in [2.05, 4.69) is 32.1 Å². The molecule has 1 aromatic carbocycles. The highest BCUT2D eigenvalue weighted by atomic mass is 15.2. The summed E-state index contributed by atoms with van der Waals surface area (Å²) in [6.45, 7) is 1.96. The molecule has 0 amide bonds. The molecule has 104 valence electrons. The van der Waals surface area contributed by atoms with Crippen molar-refractivity contribution >= 4 is 11.0 Å². The van der Waals surface area contributed by atoms with E-state index < -0.39 is 0 Å². The van der Waals surface area contributed by atoms with Gasteiger partial charge >= 0.3 is 0 Å². The first-order valence-electron chi connectivity index (χ1n) is 6.72. The number of hydrogen-bond donors (Lipinski definition) is 1. The predicted octanol–water partition coefficient (Wildman–Crippen LogP) is 2.36. The quantitative estimate of drug-likeness (QED) is 0.625. The summed E-state index contributed by atoms with van der Waals surface area (Å²) in [5, 5.41) is 0. The Kier molecular flexibility index (Phi) is 2.60. The number of H-pyrrole nitrogens is 1. The second-order valence-corrected chi connectivity index (χ2v) is 4.99. The third kappa shape index (κ3) is 2.01. The van der Waals surface area contributed by atoms with Gasteiger partial charge in [0.15, 0.2) is 0 Å². The van der Waals surface area contributed by atoms with E-state index in [1.165, 1.54) is 0 Å². The molecule has 0 aliphatic heterocycles. The fourth-order valence-electron chi connectivity index (χ4n) is 2.64. The average molecular weight is 278 g/mol. The molecule has 0 saturated heterocycles. The fraction of sp³-hybridized carbons (Fsp3) is 0.133. The topological polar surface area (TPSA) is 64.3 Å². The van der Waals surface area contributed by atoms with Crippen LogP contribution in [-0.2, 0) is 0 Å². The van der Waals surface area contributed by atoms with Gasteiger partial charge < -0.3 is 14.1 Å². The lowest BCUT2D eigenvalue weighted by molar-refractivity contribution is 0.502. The Morgan fingerprint density at radius 2 is 1.76 bits per heavy atom. The van der Waals surface area contributed by atoms with E-state index in [1.807, 2.05) is 47.2 Å². The number of hydrogen-bond acceptors (Lipinski definition) is 3. The zero-order valence-electron chi connectivity index (χ0n) is 11.5. The van der Waals surface area contributed by atoms with Crippen LogP contribution in [0.1, 0.15) is 17.6 Å². The normalized spacial score (nSPS) is 11.5. The Bertz CT molecular complexity index is 823. The first-order valence-corrected chi connectivity index (χ1v) is 6.72. The molecule has 0 radical (unpaired) electrons. The highest BCUT2D eigenvalue weighted by molar-refractivity contribution is 5.76. The minimum Gasteiger partial charge on any atom is -0.342 e. The maximum atomic E-state index is 4.45. The SMILES string of the molecule is Cc1nc2ccc(C(n3ccnc3)n3ccnc3)cc2[nH]1. The molecule has 3 aromatic heterocycles. The van der Waals surface area contributed by atoms with Crippen LogP contribution in [0.15, 0.2) is 55.6 Å². The zero-order chi connectivity index (χ0) is 14.2. The van der Waals surface area contributed by atoms with Gasteiger partial charge in [-0.1, -0.05) is 6.07 Å². The average Bonchev–Trinajstić information content (AvgIpc) is 3.19. The molecule has 0 saturated carbocycles. The van der Waals surface area contributed by atoms with Crippen LogP contribution in [0.3, 0.4) is 0 Å². The van der Waals surface area contributed by atoms with Crippen molar-refractivity contribution in [3.63, 3.8) is 0 Å². The minimum absolute atomic E-state index is 0.0111. The van der Waals surface area contributed by atoms with Gasteiger partial charge in [0, 0.05) is 24.8 Å². The molecule has 0 unspecified atom stereocenters. The van der Waals surface area contributed by atoms with Crippen LogP contribution in [0.2, 0.25) is 0 Å². The molecule has 0 aliphatic carbocycles. The lowest BCUT2D eigenvalue weighted by Gasteiger charge is -2.20. The summed E-state index contributed by atoms with van der Waals surface area (Å²) in [6.07, 6.45) is 11.1. The Morgan fingerprint density at radius 1 is 1.05 bits per heavy atom. The van der Waals surface area contributed by atoms with Crippen LogP contribution in [-0.4, -0.2) is 29.1 Å². The second-order valence-electron chi connectivity index (χ2n) is 4.99. The maximum absolute atomic E-state index is 4.45. The van der Waals surface area contributed by atoms with Gasteiger partial charge in [-0.15, -0.1) is 0 Å². The van der Waals surface area contributed by atoms with Crippen LogP contribution in [0.5, 0.6) is 0 Å². The van der Waals surface area contributed by atoms with E-state index in [-0.39, 0.29) is 6.17 Å². The summed E-state index contributed by atoms with van der Waals surface area (Å²) >= 11 is 0. The molecule has 0 fully saturated rings. The summed E-state index contributed by atoms with van der Waals surface area (Å²) in [5.74, 6) is 0.920. The second kappa shape index (κ2) is 4.59. The van der Waals surface area contributed by atoms with E-state index >= 15 is 0 Å². The molecule has 4 aromatic rings. The summed E-state index contributed by atoms with van der Waals surface area (Å²) in [5.41, 5.74) is 3.16. The van der Waals surface area contributed by atoms with Crippen molar-refractivity contribution in [2.45, 2.75) is 13.1 Å². The standard InChI is InChI=1S/C15H14N6/c1-11-18-13-3-2-12(8-14(13)19-11)15(20-6-4-16-9-20)21-7-5-17-10-21/h2-10,15H,1H3,(H,18,19). The first kappa shape index (κ1) is 11.9. The molecular weight excluding hydrogens is 264 g/mol. The molecule has 0 atom stereocenters. The third-order valence-corrected chi connectivity index (χ3v) is 3.54. The number of nitrogens with one attached hydrogen (secondary N) is 1. The summed E-state index contributed by atoms with van der Waals surface area (Å²) in [7, 11) is 0. The van der Waals surface area contributed by atoms with E-state index in [0.717, 1.165) is 22.4 Å². The van der Waals surface area contributed by atoms with Crippen LogP contribution >= 0.6 is 0 Å². The van der Waals surface area contributed by atoms with Crippen LogP contribution in [0.4, 0.5) is 0 Å². The molecule has 0 aliphatic rings. The number of aromatic amines is 1. The van der Waals surface area contributed by atoms with Gasteiger partial charge in [0.2, 0.25) is 0 Å². The number of aryl methyl sites for hydroxylation is 1. The molecule has 0 bridgehead atoms. The Hall–Kier alpha value is -2.89. The van der Waals surface area contributed by atoms with Gasteiger partial charge in [-0.2, -0.15) is 0 Å². The highest BCUT2D eigenvalue weighted by Crippen LogP contribution is 2.23. The van der Waals surface area contributed by atoms with Gasteiger partial charge in [0.1, 0.15) is 12.0 Å². The zero-order valence-corrected chi connectivity index (χ0v) is 11.5. The molecule has 0 spiro atoms. The van der Waals surface area contributed by atoms with Crippen molar-refractivity contribution in [1.82, 2.24) is 29.1 Å². The number of fused-ring (bicyclic) bond motifs is 1. The van der Waals surface area contributed by atoms with Crippen molar-refractivity contribution < 1.29 is 0 Å². The van der Waals surface area contributed by atoms with Crippen molar-refractivity contribution in [2.24, 2.45) is 0 Å². The molecule has 4 rings (SSSR count). The molecule has 6 nitrogen and oxygen atoms in total. The van der Waals surface area contributed by atoms with E-state index in [9.17, 15) is 0 Å². The van der Waals surface area contributed by atoms with Gasteiger partial charge in [-0.05, 0) is 24.6 Å². The lowest BCUT2D eigenvalue weighted by Crippen LogP contribution is -2.17. The number of rotatable bonds is 3. The molecule has 21 heavy (non-hydrogen) atoms. The predicted molar refractivity (Wildman–Crippen MR) is 78.8 cm³/mol. The Labute approximate surface area is 121 Å². The van der Waals surface area contributed by atoms with Gasteiger partial charge in [0.25, 0.3) is 0 Å². The minimum atomic E-state index is -0.0111. The third-order valence-electron chi connectivity index (χ3n) is 3.54. The maximum Gasteiger partial charge on any atom is 0.137 e. The largest absolute Gasteiger partial charge is 0.342 e. The number of imidazole rings is 3. The van der Waals surface area contributed by atoms with Gasteiger partial charge in [-0.3, -0.25) is 0 Å². The summed E-state index contributed by atoms with van der Waals surface area (Å²) < 4.78 is 4.10. The van der Waals surface area contributed by atoms with E-state index in [0.29, 0.717) is 0 Å². The molecule has 1 N–H and O–H groups in total. The van der Waals surface area contributed by atoms with E-state index in [1.54, 1.807) is 12.4 Å². The number of benzene rings is 1. The van der Waals surface area contributed by atoms with Crippen molar-refractivity contribution in [1.29, 1.82) is 0 Å². The van der Waals surface area contributed by atoms with Crippen LogP contribution in [0.25, 0.3) is 11.0 Å². The molecule has 6 heteroatoms. The Balaban J connectivity index is 1.88. The Morgan fingerprint density at radius 3 is 2.38 bits per heavy atom. The van der Waals surface area contributed by atoms with Gasteiger partial charge in [0.05, 0.1) is 23.7 Å². The number of aromatic nitrogens is 6. The highest BCUT2D eigenvalue weighted by Gasteiger charge is 2.15. The smallest absolute Gasteiger partial charge is 0.137 e. The lowest BCUT2D eigenvalue weighted by atomic mass is 10.1.